The van der Waals surface area contributed by atoms with E-state index in [2.05, 4.69) is 106 Å². The first-order valence-corrected chi connectivity index (χ1v) is 41.1. The number of ether oxygens (including phenoxy) is 4. The van der Waals surface area contributed by atoms with Crippen LogP contribution in [0, 0.1) is 64.8 Å². The van der Waals surface area contributed by atoms with E-state index in [1.807, 2.05) is 19.9 Å². The molecule has 6 amide bonds. The maximum Gasteiger partial charge on any atom is 0.356 e. The second kappa shape index (κ2) is 47.9. The molecule has 0 unspecified atom stereocenters. The van der Waals surface area contributed by atoms with Crippen molar-refractivity contribution in [2.24, 2.45) is 0 Å². The molecule has 138 heavy (non-hydrogen) atoms. The summed E-state index contributed by atoms with van der Waals surface area (Å²) in [5.74, 6) is -10.2. The number of esters is 4. The lowest BCUT2D eigenvalue weighted by molar-refractivity contribution is 0.0578. The summed E-state index contributed by atoms with van der Waals surface area (Å²) in [5, 5.41) is 34.3. The summed E-state index contributed by atoms with van der Waals surface area (Å²) in [6, 6.07) is 35.2. The molecule has 6 aromatic heterocycles. The molecule has 12 aromatic rings. The summed E-state index contributed by atoms with van der Waals surface area (Å²) in [4.78, 5) is 188. The number of carboxylic acid groups (broad SMARTS) is 2. The molecule has 2 aliphatic carbocycles. The number of methoxy groups -OCH3 is 4. The Labute approximate surface area is 782 Å². The van der Waals surface area contributed by atoms with Gasteiger partial charge in [0.05, 0.1) is 51.6 Å². The fraction of sp³-hybridized carbons (Fsp3) is 0.217. The van der Waals surface area contributed by atoms with Crippen molar-refractivity contribution in [1.82, 2.24) is 91.7 Å². The van der Waals surface area contributed by atoms with Crippen LogP contribution in [0.1, 0.15) is 229 Å². The standard InChI is InChI=1S/C25H24FN5O4.C24H22FN5O4.C15H15FN4O3.C14H13FN4O3.C8H9N3O4.C6H9N3/c1-13-9-14(3-7-18(13)26)12-28-22(32)20-11-21(31-25(27)30-20)23(33)29-19-8-5-15-10-16(24(34)35-2)4-6-17(15)19;1-12-8-13(2-6-17(12)25)11-27-21(31)19-10-20(30-24(26)29-19)22(32)28-18-7-4-14-9-15(23(33)34)3-5-16(14)18;1-8-5-9(3-4-10(8)16)7-18-13(21)11-6-12(14(22)23-2)20-15(17)19-11;1-7-4-8(2-3-9(7)15)6-17-12(20)10-5-11(13(21)22)19-14(16)18-10;1-14-6(12)4-3-5(7(13)15-2)11-8(9)10-4;1-4-3-5(2)9-6(7)8-4/h3-4,6-7,9-11,19H,5,8,12H2,1-2H3,(H,28,32)(H,29,33)(H2,27,30,31);2-3,5-6,8-10,18H,4,7,11H2,1H3,(H,27,31)(H,28,32)(H,33,34)(H2,26,29,30);3-6H,7H2,1-2H3,(H,18,21)(H2,17,19,20);2-5H,6H2,1H3,(H,17,20)(H,21,22)(H2,16,18,19);3H,1-2H3,(H2,9,10,11);3H,1-2H3,(H2,7,8,9)/t19-;18-;;;;/m00..../s1. The van der Waals surface area contributed by atoms with Gasteiger partial charge >= 0.3 is 35.8 Å². The minimum atomic E-state index is -1.31. The monoisotopic (exact) mass is 1900 g/mol. The molecule has 0 aliphatic heterocycles. The molecule has 20 N–H and O–H groups in total. The Morgan fingerprint density at radius 1 is 0.304 bits per heavy atom. The highest BCUT2D eigenvalue weighted by molar-refractivity contribution is 6.01. The molecule has 6 aromatic carbocycles. The van der Waals surface area contributed by atoms with E-state index in [1.165, 1.54) is 77.0 Å². The number of hydrogen-bond acceptors (Lipinski definition) is 34. The Morgan fingerprint density at radius 2 is 0.558 bits per heavy atom. The van der Waals surface area contributed by atoms with E-state index in [4.69, 9.17) is 49.4 Å². The van der Waals surface area contributed by atoms with Gasteiger partial charge in [0.1, 0.15) is 57.4 Å². The number of hydrogen-bond donors (Lipinski definition) is 14. The second-order valence-electron chi connectivity index (χ2n) is 30.1. The molecule has 0 radical (unpaired) electrons. The van der Waals surface area contributed by atoms with Gasteiger partial charge in [0.2, 0.25) is 35.7 Å². The first-order valence-electron chi connectivity index (χ1n) is 41.1. The third kappa shape index (κ3) is 29.5. The summed E-state index contributed by atoms with van der Waals surface area (Å²) < 4.78 is 71.4. The number of aromatic nitrogens is 12. The van der Waals surface area contributed by atoms with Gasteiger partial charge < -0.3 is 95.5 Å². The van der Waals surface area contributed by atoms with Crippen molar-refractivity contribution in [3.05, 3.63) is 315 Å². The molecule has 0 saturated heterocycles. The van der Waals surface area contributed by atoms with Gasteiger partial charge in [0.15, 0.2) is 22.8 Å². The molecule has 0 saturated carbocycles. The van der Waals surface area contributed by atoms with Gasteiger partial charge in [-0.1, -0.05) is 60.7 Å². The third-order valence-electron chi connectivity index (χ3n) is 19.9. The average molecular weight is 1900 g/mol. The number of carbonyl (C=O) groups is 12. The molecule has 46 heteroatoms. The summed E-state index contributed by atoms with van der Waals surface area (Å²) in [6.45, 7) is 10.9. The van der Waals surface area contributed by atoms with Crippen molar-refractivity contribution in [3.8, 4) is 0 Å². The molecule has 0 spiro atoms. The Bertz CT molecular complexity index is 6610. The smallest absolute Gasteiger partial charge is 0.356 e. The lowest BCUT2D eigenvalue weighted by Gasteiger charge is -2.15. The minimum absolute atomic E-state index is 0.0418. The fourth-order valence-electron chi connectivity index (χ4n) is 13.3. The highest BCUT2D eigenvalue weighted by atomic mass is 19.1. The highest BCUT2D eigenvalue weighted by Gasteiger charge is 2.30. The molecule has 42 nitrogen and oxygen atoms in total. The zero-order valence-electron chi connectivity index (χ0n) is 75.4. The molecule has 6 heterocycles. The third-order valence-corrected chi connectivity index (χ3v) is 19.9. The number of halogens is 4. The van der Waals surface area contributed by atoms with Crippen LogP contribution in [0.25, 0.3) is 0 Å². The Morgan fingerprint density at radius 3 is 0.841 bits per heavy atom. The largest absolute Gasteiger partial charge is 0.478 e. The van der Waals surface area contributed by atoms with Gasteiger partial charge in [-0.3, -0.25) is 28.8 Å². The number of amides is 6. The summed E-state index contributed by atoms with van der Waals surface area (Å²) >= 11 is 0. The maximum atomic E-state index is 13.4. The van der Waals surface area contributed by atoms with Gasteiger partial charge in [-0.2, -0.15) is 0 Å². The lowest BCUT2D eigenvalue weighted by atomic mass is 10.0. The van der Waals surface area contributed by atoms with Crippen LogP contribution < -0.4 is 66.3 Å². The zero-order chi connectivity index (χ0) is 101. The predicted octanol–water partition coefficient (Wildman–Crippen LogP) is 7.86. The average Bonchev–Trinajstić information content (AvgIpc) is 1.65. The fourth-order valence-corrected chi connectivity index (χ4v) is 13.3. The zero-order valence-corrected chi connectivity index (χ0v) is 75.4. The maximum absolute atomic E-state index is 13.4. The van der Waals surface area contributed by atoms with Gasteiger partial charge in [0.25, 0.3) is 35.4 Å². The summed E-state index contributed by atoms with van der Waals surface area (Å²) in [6.07, 6.45) is 2.57. The molecule has 0 bridgehead atoms. The Hall–Kier alpha value is -18.0. The summed E-state index contributed by atoms with van der Waals surface area (Å²) in [7, 11) is 4.90. The van der Waals surface area contributed by atoms with E-state index in [0.29, 0.717) is 76.1 Å². The van der Waals surface area contributed by atoms with Crippen molar-refractivity contribution in [2.75, 3.05) is 62.8 Å². The van der Waals surface area contributed by atoms with Crippen LogP contribution in [0.4, 0.5) is 53.3 Å². The molecule has 716 valence electrons. The number of aryl methyl sites for hydroxylation is 8. The lowest BCUT2D eigenvalue weighted by Crippen LogP contribution is -2.30. The SMILES string of the molecule is COC(=O)c1cc(C(=O)NCc2ccc(F)c(C)c2)nc(N)n1.COC(=O)c1cc(C(=O)OC)nc(N)n1.COC(=O)c1ccc2c(c1)CC[C@@H]2NC(=O)c1cc(C(=O)NCc2ccc(F)c(C)c2)nc(N)n1.Cc1cc(C)nc(N)n1.Cc1cc(CNC(=O)c2cc(C(=O)N[C@H]3CCc4cc(C(=O)O)ccc43)nc(N)n2)ccc1F.Cc1cc(CNC(=O)c2cc(C(=O)O)nc(N)n2)ccc1F. The number of carboxylic acids is 2. The van der Waals surface area contributed by atoms with E-state index < -0.39 is 71.3 Å². The predicted molar refractivity (Wildman–Crippen MR) is 487 cm³/mol. The number of nitrogens with one attached hydrogen (secondary N) is 6. The van der Waals surface area contributed by atoms with Crippen LogP contribution in [0.5, 0.6) is 0 Å². The second-order valence-corrected chi connectivity index (χ2v) is 30.1. The van der Waals surface area contributed by atoms with Crippen LogP contribution >= 0.6 is 0 Å². The molecule has 2 atom stereocenters. The number of nitrogens with zero attached hydrogens (tertiary/aromatic N) is 12. The minimum Gasteiger partial charge on any atom is -0.478 e. The van der Waals surface area contributed by atoms with Crippen molar-refractivity contribution in [2.45, 2.75) is 105 Å². The normalized spacial score (nSPS) is 12.1. The molecular formula is C92H92F4N24O18. The molecular weight excluding hydrogens is 1810 g/mol. The number of carbonyl (C=O) groups excluding carboxylic acids is 10. The van der Waals surface area contributed by atoms with Crippen molar-refractivity contribution >= 4 is 107 Å². The first kappa shape index (κ1) is 104. The van der Waals surface area contributed by atoms with Gasteiger partial charge in [-0.05, 0) is 189 Å². The number of fused-ring (bicyclic) bond motifs is 2. The first-order chi connectivity index (χ1) is 65.5. The van der Waals surface area contributed by atoms with Gasteiger partial charge in [-0.25, -0.2) is 106 Å². The quantitative estimate of drug-likeness (QED) is 0.0174. The van der Waals surface area contributed by atoms with E-state index >= 15 is 0 Å². The number of anilines is 6. The highest BCUT2D eigenvalue weighted by Crippen LogP contribution is 2.34. The van der Waals surface area contributed by atoms with Crippen molar-refractivity contribution in [1.29, 1.82) is 0 Å². The number of aromatic carboxylic acids is 2. The van der Waals surface area contributed by atoms with Crippen LogP contribution in [0.2, 0.25) is 0 Å². The van der Waals surface area contributed by atoms with Crippen LogP contribution in [-0.4, -0.2) is 170 Å². The number of rotatable bonds is 22. The van der Waals surface area contributed by atoms with Crippen LogP contribution in [0.15, 0.2) is 146 Å². The number of nitrogen functional groups attached to an aromatic ring is 6. The van der Waals surface area contributed by atoms with E-state index in [0.717, 1.165) is 51.3 Å². The van der Waals surface area contributed by atoms with Crippen LogP contribution in [0.3, 0.4) is 0 Å². The number of benzene rings is 6. The van der Waals surface area contributed by atoms with E-state index in [9.17, 15) is 75.1 Å². The number of nitrogens with two attached hydrogens (primary N) is 6. The Kier molecular flexibility index (Phi) is 36.0. The molecule has 2 aliphatic rings. The molecule has 14 rings (SSSR count). The van der Waals surface area contributed by atoms with Crippen molar-refractivity contribution < 1.29 is 104 Å². The topological polar surface area (TPSA) is 665 Å². The van der Waals surface area contributed by atoms with Gasteiger partial charge in [0, 0.05) is 67.9 Å². The van der Waals surface area contributed by atoms with E-state index in [-0.39, 0.29) is 154 Å². The molecule has 0 fully saturated rings. The van der Waals surface area contributed by atoms with Gasteiger partial charge in [-0.15, -0.1) is 0 Å². The van der Waals surface area contributed by atoms with Crippen LogP contribution in [-0.2, 0) is 58.0 Å². The summed E-state index contributed by atoms with van der Waals surface area (Å²) in [5.41, 5.74) is 42.6. The van der Waals surface area contributed by atoms with Crippen molar-refractivity contribution in [3.63, 3.8) is 0 Å². The Balaban J connectivity index is 0.000000193. The van der Waals surface area contributed by atoms with E-state index in [1.54, 1.807) is 107 Å².